The van der Waals surface area contributed by atoms with Crippen LogP contribution < -0.4 is 0 Å². The van der Waals surface area contributed by atoms with E-state index in [1.807, 2.05) is 30.3 Å². The van der Waals surface area contributed by atoms with Gasteiger partial charge in [-0.3, -0.25) is 15.0 Å². The second-order valence-electron chi connectivity index (χ2n) is 8.92. The molecular weight excluding hydrogens is 519 g/mol. The third-order valence-corrected chi connectivity index (χ3v) is 6.92. The van der Waals surface area contributed by atoms with Gasteiger partial charge in [-0.05, 0) is 54.8 Å². The highest BCUT2D eigenvalue weighted by molar-refractivity contribution is 6.34. The van der Waals surface area contributed by atoms with E-state index in [0.29, 0.717) is 34.1 Å². The van der Waals surface area contributed by atoms with E-state index in [0.717, 1.165) is 18.1 Å². The highest BCUT2D eigenvalue weighted by Gasteiger charge is 2.36. The molecule has 0 saturated carbocycles. The van der Waals surface area contributed by atoms with Gasteiger partial charge in [-0.25, -0.2) is 4.79 Å². The number of hydrogen-bond acceptors (Lipinski definition) is 6. The van der Waals surface area contributed by atoms with Crippen LogP contribution >= 0.6 is 23.2 Å². The number of halogens is 2. The Hall–Kier alpha value is -3.01. The first-order valence-electron chi connectivity index (χ1n) is 11.8. The van der Waals surface area contributed by atoms with Crippen LogP contribution in [-0.4, -0.2) is 45.3 Å². The van der Waals surface area contributed by atoms with Crippen LogP contribution in [0.5, 0.6) is 0 Å². The smallest absolute Gasteiger partial charge is 0.335 e. The van der Waals surface area contributed by atoms with Gasteiger partial charge in [-0.1, -0.05) is 59.6 Å². The quantitative estimate of drug-likeness (QED) is 0.248. The van der Waals surface area contributed by atoms with Crippen LogP contribution in [0.3, 0.4) is 0 Å². The van der Waals surface area contributed by atoms with Crippen molar-refractivity contribution in [2.24, 2.45) is 0 Å². The van der Waals surface area contributed by atoms with E-state index in [1.54, 1.807) is 18.2 Å². The lowest BCUT2D eigenvalue weighted by molar-refractivity contribution is -0.385. The van der Waals surface area contributed by atoms with Crippen molar-refractivity contribution in [1.82, 2.24) is 4.90 Å². The van der Waals surface area contributed by atoms with Gasteiger partial charge in [0, 0.05) is 28.2 Å². The minimum Gasteiger partial charge on any atom is -0.478 e. The molecule has 1 fully saturated rings. The molecule has 1 aliphatic rings. The monoisotopic (exact) mass is 544 g/mol. The molecule has 4 rings (SSSR count). The van der Waals surface area contributed by atoms with Crippen molar-refractivity contribution in [1.29, 1.82) is 0 Å². The van der Waals surface area contributed by atoms with Crippen molar-refractivity contribution in [3.8, 4) is 0 Å². The van der Waals surface area contributed by atoms with E-state index < -0.39 is 17.0 Å². The second-order valence-corrected chi connectivity index (χ2v) is 9.80. The summed E-state index contributed by atoms with van der Waals surface area (Å²) in [5, 5.41) is 32.1. The van der Waals surface area contributed by atoms with Gasteiger partial charge < -0.3 is 14.9 Å². The summed E-state index contributed by atoms with van der Waals surface area (Å²) >= 11 is 12.4. The molecule has 0 bridgehead atoms. The Morgan fingerprint density at radius 1 is 1.11 bits per heavy atom. The highest BCUT2D eigenvalue weighted by Crippen LogP contribution is 2.38. The van der Waals surface area contributed by atoms with Crippen LogP contribution in [0.2, 0.25) is 10.0 Å². The normalized spacial score (nSPS) is 18.9. The summed E-state index contributed by atoms with van der Waals surface area (Å²) in [6.07, 6.45) is 0.463. The number of nitro benzene ring substituents is 1. The van der Waals surface area contributed by atoms with E-state index >= 15 is 0 Å². The number of hydrogen-bond donors (Lipinski definition) is 2. The number of nitrogens with zero attached hydrogens (tertiary/aromatic N) is 2. The molecule has 0 spiro atoms. The van der Waals surface area contributed by atoms with Crippen molar-refractivity contribution in [2.75, 3.05) is 13.2 Å². The van der Waals surface area contributed by atoms with Gasteiger partial charge in [0.15, 0.2) is 0 Å². The first kappa shape index (κ1) is 27.0. The summed E-state index contributed by atoms with van der Waals surface area (Å²) in [7, 11) is 0. The molecule has 1 aliphatic heterocycles. The molecule has 194 valence electrons. The average Bonchev–Trinajstić information content (AvgIpc) is 2.87. The summed E-state index contributed by atoms with van der Waals surface area (Å²) in [4.78, 5) is 24.7. The molecule has 8 nitrogen and oxygen atoms in total. The molecule has 3 atom stereocenters. The number of aromatic carboxylic acids is 1. The number of aliphatic hydroxyl groups excluding tert-OH is 1. The molecule has 0 aromatic heterocycles. The van der Waals surface area contributed by atoms with E-state index in [9.17, 15) is 25.1 Å². The molecule has 2 N–H and O–H groups in total. The molecule has 3 aromatic carbocycles. The number of benzene rings is 3. The topological polar surface area (TPSA) is 113 Å². The number of piperidine rings is 1. The summed E-state index contributed by atoms with van der Waals surface area (Å²) in [6, 6.07) is 18.4. The lowest BCUT2D eigenvalue weighted by Gasteiger charge is -2.42. The zero-order chi connectivity index (χ0) is 26.5. The number of likely N-dealkylation sites (tertiary alicyclic amines) is 1. The maximum Gasteiger partial charge on any atom is 0.335 e. The van der Waals surface area contributed by atoms with E-state index in [1.165, 1.54) is 12.1 Å². The minimum atomic E-state index is -1.22. The molecule has 37 heavy (non-hydrogen) atoms. The van der Waals surface area contributed by atoms with Crippen molar-refractivity contribution in [3.05, 3.63) is 109 Å². The largest absolute Gasteiger partial charge is 0.478 e. The molecule has 0 amide bonds. The molecule has 1 heterocycles. The van der Waals surface area contributed by atoms with E-state index in [-0.39, 0.29) is 36.5 Å². The third-order valence-electron chi connectivity index (χ3n) is 6.48. The predicted octanol–water partition coefficient (Wildman–Crippen LogP) is 6.06. The van der Waals surface area contributed by atoms with Crippen molar-refractivity contribution in [2.45, 2.75) is 37.6 Å². The van der Waals surface area contributed by atoms with E-state index in [4.69, 9.17) is 27.9 Å². The number of aliphatic hydroxyl groups is 1. The number of carboxylic acid groups (broad SMARTS) is 1. The average molecular weight is 545 g/mol. The number of ether oxygens (including phenoxy) is 1. The van der Waals surface area contributed by atoms with Crippen LogP contribution in [0.15, 0.2) is 66.7 Å². The Balaban J connectivity index is 1.67. The summed E-state index contributed by atoms with van der Waals surface area (Å²) in [6.45, 7) is 0.600. The summed E-state index contributed by atoms with van der Waals surface area (Å²) < 4.78 is 6.48. The fourth-order valence-corrected chi connectivity index (χ4v) is 5.38. The minimum absolute atomic E-state index is 0.138. The van der Waals surface area contributed by atoms with Crippen LogP contribution in [0, 0.1) is 10.1 Å². The maximum absolute atomic E-state index is 11.8. The van der Waals surface area contributed by atoms with Gasteiger partial charge in [0.1, 0.15) is 6.10 Å². The first-order valence-corrected chi connectivity index (χ1v) is 12.5. The Labute approximate surface area is 224 Å². The summed E-state index contributed by atoms with van der Waals surface area (Å²) in [5.41, 5.74) is 1.66. The van der Waals surface area contributed by atoms with Crippen LogP contribution in [0.25, 0.3) is 0 Å². The van der Waals surface area contributed by atoms with Gasteiger partial charge in [-0.15, -0.1) is 0 Å². The lowest BCUT2D eigenvalue weighted by Crippen LogP contribution is -2.43. The summed E-state index contributed by atoms with van der Waals surface area (Å²) in [5.74, 6) is -1.22. The van der Waals surface area contributed by atoms with Crippen molar-refractivity contribution in [3.63, 3.8) is 0 Å². The zero-order valence-corrected chi connectivity index (χ0v) is 21.3. The highest BCUT2D eigenvalue weighted by atomic mass is 35.5. The van der Waals surface area contributed by atoms with Crippen molar-refractivity contribution >= 4 is 34.9 Å². The zero-order valence-electron chi connectivity index (χ0n) is 19.8. The fraction of sp³-hybridized carbons (Fsp3) is 0.296. The van der Waals surface area contributed by atoms with Crippen LogP contribution in [0.1, 0.15) is 52.0 Å². The van der Waals surface area contributed by atoms with E-state index in [2.05, 4.69) is 4.90 Å². The molecule has 1 unspecified atom stereocenters. The number of carboxylic acids is 1. The molecule has 0 aliphatic carbocycles. The molecule has 10 heteroatoms. The van der Waals surface area contributed by atoms with Gasteiger partial charge in [0.25, 0.3) is 5.69 Å². The van der Waals surface area contributed by atoms with Gasteiger partial charge >= 0.3 is 5.97 Å². The lowest BCUT2D eigenvalue weighted by atomic mass is 9.91. The maximum atomic E-state index is 11.8. The van der Waals surface area contributed by atoms with Crippen molar-refractivity contribution < 1.29 is 24.7 Å². The Morgan fingerprint density at radius 3 is 2.43 bits per heavy atom. The molecule has 3 aromatic rings. The van der Waals surface area contributed by atoms with Crippen LogP contribution in [0.4, 0.5) is 5.69 Å². The fourth-order valence-electron chi connectivity index (χ4n) is 4.84. The Morgan fingerprint density at radius 2 is 1.81 bits per heavy atom. The van der Waals surface area contributed by atoms with Gasteiger partial charge in [0.2, 0.25) is 0 Å². The number of nitro groups is 1. The Bertz CT molecular complexity index is 1250. The van der Waals surface area contributed by atoms with Gasteiger partial charge in [-0.2, -0.15) is 0 Å². The molecular formula is C27H26Cl2N2O6. The predicted molar refractivity (Wildman–Crippen MR) is 140 cm³/mol. The SMILES string of the molecule is O=C(O)c1ccc(CN2CCC[C@H](OC(CO)c3cc(Cl)cc(Cl)c3)[C@@H]2c2ccccc2)c([N+](=O)[O-])c1. The van der Waals surface area contributed by atoms with Crippen LogP contribution in [-0.2, 0) is 11.3 Å². The first-order chi connectivity index (χ1) is 17.8. The molecule has 1 saturated heterocycles. The standard InChI is InChI=1S/C27H26Cl2N2O6/c28-21-11-20(12-22(29)14-21)25(16-32)37-24-7-4-10-30(26(24)17-5-2-1-3-6-17)15-19-9-8-18(27(33)34)13-23(19)31(35)36/h1-3,5-6,8-9,11-14,24-26,32H,4,7,10,15-16H2,(H,33,34)/t24-,25?,26-/m0/s1. The Kier molecular flexibility index (Phi) is 8.79. The molecule has 0 radical (unpaired) electrons. The number of carbonyl (C=O) groups is 1. The number of rotatable bonds is 9. The third kappa shape index (κ3) is 6.47. The second kappa shape index (κ2) is 12.0. The van der Waals surface area contributed by atoms with Gasteiger partial charge in [0.05, 0.1) is 29.2 Å².